The third kappa shape index (κ3) is 1.69. The van der Waals surface area contributed by atoms with Gasteiger partial charge in [0.15, 0.2) is 0 Å². The highest BCUT2D eigenvalue weighted by molar-refractivity contribution is 7.22. The highest BCUT2D eigenvalue weighted by Gasteiger charge is 2.12. The van der Waals surface area contributed by atoms with Crippen LogP contribution in [-0.2, 0) is 0 Å². The van der Waals surface area contributed by atoms with Gasteiger partial charge >= 0.3 is 0 Å². The lowest BCUT2D eigenvalue weighted by Gasteiger charge is -1.97. The Labute approximate surface area is 95.3 Å². The van der Waals surface area contributed by atoms with Gasteiger partial charge in [0, 0.05) is 0 Å². The summed E-state index contributed by atoms with van der Waals surface area (Å²) >= 11 is 2.97. The Kier molecular flexibility index (Phi) is 2.62. The van der Waals surface area contributed by atoms with E-state index in [0.29, 0.717) is 10.6 Å². The first-order chi connectivity index (χ1) is 7.26. The van der Waals surface area contributed by atoms with Crippen molar-refractivity contribution in [3.63, 3.8) is 0 Å². The molecule has 15 heavy (non-hydrogen) atoms. The SMILES string of the molecule is COc1ccsc1-c1cc(N)c(C#N)s1. The lowest BCUT2D eigenvalue weighted by Crippen LogP contribution is -1.82. The average molecular weight is 236 g/mol. The van der Waals surface area contributed by atoms with Crippen molar-refractivity contribution in [1.82, 2.24) is 0 Å². The summed E-state index contributed by atoms with van der Waals surface area (Å²) in [5, 5.41) is 10.8. The molecule has 0 radical (unpaired) electrons. The smallest absolute Gasteiger partial charge is 0.138 e. The Morgan fingerprint density at radius 2 is 2.33 bits per heavy atom. The Hall–Kier alpha value is -1.51. The molecular formula is C10H8N2OS2. The number of thiophene rings is 2. The van der Waals surface area contributed by atoms with Crippen molar-refractivity contribution >= 4 is 28.4 Å². The number of nitrogen functional groups attached to an aromatic ring is 1. The summed E-state index contributed by atoms with van der Waals surface area (Å²) in [6.07, 6.45) is 0. The Bertz CT molecular complexity index is 522. The van der Waals surface area contributed by atoms with Crippen LogP contribution in [0.4, 0.5) is 5.69 Å². The molecule has 2 heterocycles. The number of methoxy groups -OCH3 is 1. The predicted octanol–water partition coefficient (Wildman–Crippen LogP) is 2.94. The largest absolute Gasteiger partial charge is 0.495 e. The van der Waals surface area contributed by atoms with E-state index in [1.807, 2.05) is 17.5 Å². The molecule has 0 fully saturated rings. The van der Waals surface area contributed by atoms with Gasteiger partial charge in [-0.05, 0) is 17.5 Å². The van der Waals surface area contributed by atoms with Gasteiger partial charge in [0.2, 0.25) is 0 Å². The maximum Gasteiger partial charge on any atom is 0.138 e. The summed E-state index contributed by atoms with van der Waals surface area (Å²) in [6.45, 7) is 0. The van der Waals surface area contributed by atoms with Crippen LogP contribution < -0.4 is 10.5 Å². The molecule has 0 atom stereocenters. The third-order valence-electron chi connectivity index (χ3n) is 1.94. The van der Waals surface area contributed by atoms with E-state index in [1.54, 1.807) is 18.4 Å². The maximum atomic E-state index is 8.81. The zero-order valence-corrected chi connectivity index (χ0v) is 9.61. The summed E-state index contributed by atoms with van der Waals surface area (Å²) in [5.41, 5.74) is 6.24. The maximum absolute atomic E-state index is 8.81. The van der Waals surface area contributed by atoms with Crippen molar-refractivity contribution < 1.29 is 4.74 Å². The van der Waals surface area contributed by atoms with E-state index >= 15 is 0 Å². The summed E-state index contributed by atoms with van der Waals surface area (Å²) in [4.78, 5) is 2.56. The highest BCUT2D eigenvalue weighted by Crippen LogP contribution is 2.41. The number of nitrogens with zero attached hydrogens (tertiary/aromatic N) is 1. The summed E-state index contributed by atoms with van der Waals surface area (Å²) in [6, 6.07) is 5.79. The van der Waals surface area contributed by atoms with E-state index in [-0.39, 0.29) is 0 Å². The minimum atomic E-state index is 0.535. The van der Waals surface area contributed by atoms with Crippen LogP contribution in [0.25, 0.3) is 9.75 Å². The van der Waals surface area contributed by atoms with Crippen LogP contribution in [0.3, 0.4) is 0 Å². The van der Waals surface area contributed by atoms with Gasteiger partial charge in [-0.2, -0.15) is 5.26 Å². The minimum Gasteiger partial charge on any atom is -0.495 e. The van der Waals surface area contributed by atoms with E-state index in [4.69, 9.17) is 15.7 Å². The van der Waals surface area contributed by atoms with Gasteiger partial charge < -0.3 is 10.5 Å². The van der Waals surface area contributed by atoms with Crippen LogP contribution >= 0.6 is 22.7 Å². The number of nitriles is 1. The van der Waals surface area contributed by atoms with Gasteiger partial charge in [-0.3, -0.25) is 0 Å². The van der Waals surface area contributed by atoms with E-state index in [2.05, 4.69) is 6.07 Å². The van der Waals surface area contributed by atoms with E-state index in [9.17, 15) is 0 Å². The lowest BCUT2D eigenvalue weighted by atomic mass is 10.3. The van der Waals surface area contributed by atoms with Crippen molar-refractivity contribution in [2.75, 3.05) is 12.8 Å². The molecule has 76 valence electrons. The van der Waals surface area contributed by atoms with E-state index < -0.39 is 0 Å². The normalized spacial score (nSPS) is 9.87. The van der Waals surface area contributed by atoms with Gasteiger partial charge in [-0.25, -0.2) is 0 Å². The first-order valence-electron chi connectivity index (χ1n) is 4.17. The predicted molar refractivity (Wildman–Crippen MR) is 63.3 cm³/mol. The second-order valence-corrected chi connectivity index (χ2v) is 4.79. The number of anilines is 1. The van der Waals surface area contributed by atoms with Crippen LogP contribution in [0, 0.1) is 11.3 Å². The van der Waals surface area contributed by atoms with Crippen molar-refractivity contribution in [2.24, 2.45) is 0 Å². The topological polar surface area (TPSA) is 59.0 Å². The molecule has 0 amide bonds. The quantitative estimate of drug-likeness (QED) is 0.872. The molecule has 0 saturated heterocycles. The summed E-state index contributed by atoms with van der Waals surface area (Å²) in [5.74, 6) is 0.825. The molecule has 0 aliphatic heterocycles. The zero-order chi connectivity index (χ0) is 10.8. The highest BCUT2D eigenvalue weighted by atomic mass is 32.1. The molecule has 0 saturated carbocycles. The molecule has 3 nitrogen and oxygen atoms in total. The molecule has 0 bridgehead atoms. The van der Waals surface area contributed by atoms with Crippen molar-refractivity contribution in [3.05, 3.63) is 22.4 Å². The monoisotopic (exact) mass is 236 g/mol. The number of rotatable bonds is 2. The Morgan fingerprint density at radius 3 is 2.93 bits per heavy atom. The molecule has 2 N–H and O–H groups in total. The fourth-order valence-electron chi connectivity index (χ4n) is 1.24. The Morgan fingerprint density at radius 1 is 1.53 bits per heavy atom. The first-order valence-corrected chi connectivity index (χ1v) is 5.87. The fraction of sp³-hybridized carbons (Fsp3) is 0.100. The lowest BCUT2D eigenvalue weighted by molar-refractivity contribution is 0.418. The zero-order valence-electron chi connectivity index (χ0n) is 7.98. The van der Waals surface area contributed by atoms with Crippen molar-refractivity contribution in [3.8, 4) is 21.6 Å². The van der Waals surface area contributed by atoms with E-state index in [0.717, 1.165) is 15.5 Å². The molecule has 5 heteroatoms. The van der Waals surface area contributed by atoms with Gasteiger partial charge in [0.05, 0.1) is 22.6 Å². The van der Waals surface area contributed by atoms with Gasteiger partial charge in [-0.15, -0.1) is 22.7 Å². The molecule has 0 aliphatic carbocycles. The number of hydrogen-bond acceptors (Lipinski definition) is 5. The number of hydrogen-bond donors (Lipinski definition) is 1. The molecule has 0 aromatic carbocycles. The van der Waals surface area contributed by atoms with Gasteiger partial charge in [0.1, 0.15) is 16.7 Å². The second-order valence-electron chi connectivity index (χ2n) is 2.83. The summed E-state index contributed by atoms with van der Waals surface area (Å²) < 4.78 is 5.22. The molecule has 0 spiro atoms. The summed E-state index contributed by atoms with van der Waals surface area (Å²) in [7, 11) is 1.63. The number of ether oxygens (including phenoxy) is 1. The molecule has 0 aliphatic rings. The van der Waals surface area contributed by atoms with Crippen LogP contribution in [0.1, 0.15) is 4.88 Å². The molecule has 0 unspecified atom stereocenters. The van der Waals surface area contributed by atoms with E-state index in [1.165, 1.54) is 11.3 Å². The van der Waals surface area contributed by atoms with Crippen LogP contribution in [0.15, 0.2) is 17.5 Å². The number of nitrogens with two attached hydrogens (primary N) is 1. The molecule has 2 rings (SSSR count). The van der Waals surface area contributed by atoms with Gasteiger partial charge in [0.25, 0.3) is 0 Å². The standard InChI is InChI=1S/C10H8N2OS2/c1-13-7-2-3-14-10(7)8-4-6(12)9(5-11)15-8/h2-4H,12H2,1H3. The van der Waals surface area contributed by atoms with Crippen LogP contribution in [-0.4, -0.2) is 7.11 Å². The first kappa shape index (κ1) is 10.0. The van der Waals surface area contributed by atoms with Crippen molar-refractivity contribution in [1.29, 1.82) is 5.26 Å². The molecule has 2 aromatic heterocycles. The second kappa shape index (κ2) is 3.93. The van der Waals surface area contributed by atoms with Gasteiger partial charge in [-0.1, -0.05) is 0 Å². The van der Waals surface area contributed by atoms with Crippen LogP contribution in [0.5, 0.6) is 5.75 Å². The molecular weight excluding hydrogens is 228 g/mol. The van der Waals surface area contributed by atoms with Crippen molar-refractivity contribution in [2.45, 2.75) is 0 Å². The van der Waals surface area contributed by atoms with Crippen LogP contribution in [0.2, 0.25) is 0 Å². The average Bonchev–Trinajstić information content (AvgIpc) is 2.82. The minimum absolute atomic E-state index is 0.535. The fourth-order valence-corrected chi connectivity index (χ4v) is 3.10. The third-order valence-corrected chi connectivity index (χ3v) is 4.07. The molecule has 2 aromatic rings. The Balaban J connectivity index is 2.51.